The highest BCUT2D eigenvalue weighted by molar-refractivity contribution is 4.71. The molecule has 0 heterocycles. The summed E-state index contributed by atoms with van der Waals surface area (Å²) in [5.41, 5.74) is 0. The van der Waals surface area contributed by atoms with Crippen LogP contribution in [-0.4, -0.2) is 25.8 Å². The lowest BCUT2D eigenvalue weighted by atomic mass is 10.1. The third-order valence-corrected chi connectivity index (χ3v) is 2.78. The quantitative estimate of drug-likeness (QED) is 0.576. The van der Waals surface area contributed by atoms with E-state index in [-0.39, 0.29) is 0 Å². The third-order valence-electron chi connectivity index (χ3n) is 2.78. The van der Waals surface area contributed by atoms with Crippen LogP contribution in [0.2, 0.25) is 0 Å². The summed E-state index contributed by atoms with van der Waals surface area (Å²) in [6.07, 6.45) is 6.59. The number of hydrogen-bond acceptors (Lipinski definition) is 2. The maximum atomic E-state index is 5.58. The van der Waals surface area contributed by atoms with Crippen molar-refractivity contribution < 1.29 is 4.74 Å². The summed E-state index contributed by atoms with van der Waals surface area (Å²) >= 11 is 0. The number of unbranched alkanes of at least 4 members (excludes halogenated alkanes) is 1. The van der Waals surface area contributed by atoms with Gasteiger partial charge in [0, 0.05) is 19.3 Å². The highest BCUT2D eigenvalue weighted by Crippen LogP contribution is 2.28. The molecule has 1 aliphatic rings. The molecule has 0 aromatic rings. The van der Waals surface area contributed by atoms with Crippen LogP contribution in [0, 0.1) is 5.92 Å². The lowest BCUT2D eigenvalue weighted by Crippen LogP contribution is -2.25. The van der Waals surface area contributed by atoms with Crippen molar-refractivity contribution in [3.63, 3.8) is 0 Å². The van der Waals surface area contributed by atoms with Crippen LogP contribution in [-0.2, 0) is 4.74 Å². The molecule has 1 saturated carbocycles. The monoisotopic (exact) mass is 199 g/mol. The normalized spacial score (nSPS) is 18.4. The first-order valence-corrected chi connectivity index (χ1v) is 6.14. The zero-order valence-electron chi connectivity index (χ0n) is 9.72. The Hall–Kier alpha value is -0.0800. The molecule has 1 atom stereocenters. The van der Waals surface area contributed by atoms with Crippen LogP contribution in [0.15, 0.2) is 0 Å². The molecular weight excluding hydrogens is 174 g/mol. The summed E-state index contributed by atoms with van der Waals surface area (Å²) in [7, 11) is 0. The number of nitrogens with one attached hydrogen (secondary N) is 1. The average molecular weight is 199 g/mol. The van der Waals surface area contributed by atoms with Gasteiger partial charge in [0.15, 0.2) is 0 Å². The van der Waals surface area contributed by atoms with E-state index in [2.05, 4.69) is 19.2 Å². The molecule has 0 spiro atoms. The highest BCUT2D eigenvalue weighted by atomic mass is 16.5. The van der Waals surface area contributed by atoms with Gasteiger partial charge in [-0.25, -0.2) is 0 Å². The molecule has 84 valence electrons. The standard InChI is InChI=1S/C12H25NO/c1-3-13-11(2)6-4-5-9-14-10-12-7-8-12/h11-13H,3-10H2,1-2H3. The molecule has 1 N–H and O–H groups in total. The molecule has 0 amide bonds. The fourth-order valence-electron chi connectivity index (χ4n) is 1.64. The smallest absolute Gasteiger partial charge is 0.0494 e. The van der Waals surface area contributed by atoms with Crippen LogP contribution in [0.1, 0.15) is 46.0 Å². The number of hydrogen-bond donors (Lipinski definition) is 1. The minimum atomic E-state index is 0.670. The molecule has 0 aliphatic heterocycles. The summed E-state index contributed by atoms with van der Waals surface area (Å²) in [5, 5.41) is 3.42. The van der Waals surface area contributed by atoms with Crippen LogP contribution >= 0.6 is 0 Å². The second kappa shape index (κ2) is 7.24. The van der Waals surface area contributed by atoms with Crippen LogP contribution in [0.5, 0.6) is 0 Å². The fraction of sp³-hybridized carbons (Fsp3) is 1.00. The SMILES string of the molecule is CCNC(C)CCCCOCC1CC1. The summed E-state index contributed by atoms with van der Waals surface area (Å²) in [5.74, 6) is 0.913. The van der Waals surface area contributed by atoms with E-state index in [4.69, 9.17) is 4.74 Å². The molecular formula is C12H25NO. The van der Waals surface area contributed by atoms with Gasteiger partial charge in [0.05, 0.1) is 0 Å². The van der Waals surface area contributed by atoms with E-state index in [1.54, 1.807) is 0 Å². The first-order valence-electron chi connectivity index (χ1n) is 6.14. The van der Waals surface area contributed by atoms with Gasteiger partial charge in [-0.15, -0.1) is 0 Å². The maximum absolute atomic E-state index is 5.58. The van der Waals surface area contributed by atoms with Crippen molar-refractivity contribution in [1.29, 1.82) is 0 Å². The van der Waals surface area contributed by atoms with Crippen molar-refractivity contribution in [2.75, 3.05) is 19.8 Å². The summed E-state index contributed by atoms with van der Waals surface area (Å²) in [6, 6.07) is 0.670. The van der Waals surface area contributed by atoms with Crippen molar-refractivity contribution in [2.24, 2.45) is 5.92 Å². The van der Waals surface area contributed by atoms with Crippen LogP contribution < -0.4 is 5.32 Å². The van der Waals surface area contributed by atoms with E-state index < -0.39 is 0 Å². The van der Waals surface area contributed by atoms with E-state index >= 15 is 0 Å². The van der Waals surface area contributed by atoms with Crippen molar-refractivity contribution in [3.8, 4) is 0 Å². The van der Waals surface area contributed by atoms with Gasteiger partial charge in [-0.3, -0.25) is 0 Å². The predicted octanol–water partition coefficient (Wildman–Crippen LogP) is 2.58. The van der Waals surface area contributed by atoms with Gasteiger partial charge >= 0.3 is 0 Å². The fourth-order valence-corrected chi connectivity index (χ4v) is 1.64. The van der Waals surface area contributed by atoms with Crippen LogP contribution in [0.4, 0.5) is 0 Å². The van der Waals surface area contributed by atoms with Crippen molar-refractivity contribution >= 4 is 0 Å². The van der Waals surface area contributed by atoms with E-state index in [9.17, 15) is 0 Å². The zero-order valence-corrected chi connectivity index (χ0v) is 9.72. The molecule has 0 saturated heterocycles. The van der Waals surface area contributed by atoms with Gasteiger partial charge < -0.3 is 10.1 Å². The highest BCUT2D eigenvalue weighted by Gasteiger charge is 2.20. The third kappa shape index (κ3) is 6.39. The second-order valence-corrected chi connectivity index (χ2v) is 4.47. The summed E-state index contributed by atoms with van der Waals surface area (Å²) in [6.45, 7) is 7.49. The molecule has 2 heteroatoms. The second-order valence-electron chi connectivity index (χ2n) is 4.47. The lowest BCUT2D eigenvalue weighted by Gasteiger charge is -2.11. The molecule has 14 heavy (non-hydrogen) atoms. The molecule has 0 aromatic carbocycles. The molecule has 0 bridgehead atoms. The van der Waals surface area contributed by atoms with Gasteiger partial charge in [-0.05, 0) is 51.5 Å². The Kier molecular flexibility index (Phi) is 6.20. The van der Waals surface area contributed by atoms with Gasteiger partial charge in [-0.2, -0.15) is 0 Å². The average Bonchev–Trinajstić information content (AvgIpc) is 2.95. The van der Waals surface area contributed by atoms with Gasteiger partial charge in [0.1, 0.15) is 0 Å². The van der Waals surface area contributed by atoms with Gasteiger partial charge in [-0.1, -0.05) is 6.92 Å². The van der Waals surface area contributed by atoms with E-state index in [0.29, 0.717) is 6.04 Å². The molecule has 1 unspecified atom stereocenters. The van der Waals surface area contributed by atoms with E-state index in [0.717, 1.165) is 25.7 Å². The minimum Gasteiger partial charge on any atom is -0.381 e. The van der Waals surface area contributed by atoms with Gasteiger partial charge in [0.25, 0.3) is 0 Å². The number of rotatable bonds is 9. The van der Waals surface area contributed by atoms with Gasteiger partial charge in [0.2, 0.25) is 0 Å². The summed E-state index contributed by atoms with van der Waals surface area (Å²) < 4.78 is 5.58. The van der Waals surface area contributed by atoms with Crippen LogP contribution in [0.3, 0.4) is 0 Å². The number of ether oxygens (including phenoxy) is 1. The predicted molar refractivity (Wildman–Crippen MR) is 60.5 cm³/mol. The van der Waals surface area contributed by atoms with Crippen molar-refractivity contribution in [1.82, 2.24) is 5.32 Å². The first-order chi connectivity index (χ1) is 6.83. The Bertz CT molecular complexity index is 134. The lowest BCUT2D eigenvalue weighted by molar-refractivity contribution is 0.120. The molecule has 0 aromatic heterocycles. The largest absolute Gasteiger partial charge is 0.381 e. The zero-order chi connectivity index (χ0) is 10.2. The Morgan fingerprint density at radius 3 is 2.79 bits per heavy atom. The van der Waals surface area contributed by atoms with Crippen LogP contribution in [0.25, 0.3) is 0 Å². The molecule has 1 rings (SSSR count). The first kappa shape index (κ1) is 12.0. The topological polar surface area (TPSA) is 21.3 Å². The molecule has 1 aliphatic carbocycles. The van der Waals surface area contributed by atoms with E-state index in [1.807, 2.05) is 0 Å². The summed E-state index contributed by atoms with van der Waals surface area (Å²) in [4.78, 5) is 0. The molecule has 2 nitrogen and oxygen atoms in total. The molecule has 0 radical (unpaired) electrons. The minimum absolute atomic E-state index is 0.670. The Labute approximate surface area is 88.4 Å². The Morgan fingerprint density at radius 2 is 2.14 bits per heavy atom. The Balaban J connectivity index is 1.74. The molecule has 1 fully saturated rings. The van der Waals surface area contributed by atoms with Crippen molar-refractivity contribution in [2.45, 2.75) is 52.0 Å². The van der Waals surface area contributed by atoms with Crippen molar-refractivity contribution in [3.05, 3.63) is 0 Å². The Morgan fingerprint density at radius 1 is 1.36 bits per heavy atom. The van der Waals surface area contributed by atoms with E-state index in [1.165, 1.54) is 32.1 Å². The maximum Gasteiger partial charge on any atom is 0.0494 e.